The molecule has 1 unspecified atom stereocenters. The van der Waals surface area contributed by atoms with Crippen LogP contribution in [0.1, 0.15) is 50.1 Å². The first kappa shape index (κ1) is 28.3. The summed E-state index contributed by atoms with van der Waals surface area (Å²) >= 11 is 2.35. The second-order valence-corrected chi connectivity index (χ2v) is 12.1. The van der Waals surface area contributed by atoms with Gasteiger partial charge < -0.3 is 19.7 Å². The summed E-state index contributed by atoms with van der Waals surface area (Å²) in [6.45, 7) is 7.99. The number of thioether (sulfide) groups is 1. The van der Waals surface area contributed by atoms with Crippen molar-refractivity contribution in [3.05, 3.63) is 50.7 Å². The van der Waals surface area contributed by atoms with Crippen molar-refractivity contribution in [2.75, 3.05) is 19.0 Å². The second kappa shape index (κ2) is 11.5. The Kier molecular flexibility index (Phi) is 8.36. The van der Waals surface area contributed by atoms with Gasteiger partial charge in [-0.25, -0.2) is 9.59 Å². The molecule has 2 aromatic heterocycles. The maximum atomic E-state index is 13.3. The number of hydrogen-bond acceptors (Lipinski definition) is 9. The minimum Gasteiger partial charge on any atom is -0.497 e. The van der Waals surface area contributed by atoms with Gasteiger partial charge in [0.25, 0.3) is 0 Å². The zero-order valence-corrected chi connectivity index (χ0v) is 24.0. The predicted molar refractivity (Wildman–Crippen MR) is 145 cm³/mol. The van der Waals surface area contributed by atoms with Gasteiger partial charge in [0.2, 0.25) is 11.6 Å². The van der Waals surface area contributed by atoms with Crippen LogP contribution in [0.3, 0.4) is 0 Å². The average molecular weight is 573 g/mol. The molecule has 4 rings (SSSR count). The van der Waals surface area contributed by atoms with Crippen LogP contribution in [0, 0.1) is 11.3 Å². The molecule has 3 aromatic rings. The summed E-state index contributed by atoms with van der Waals surface area (Å²) in [5.74, 6) is 0.315. The number of hydrogen-bond donors (Lipinski definition) is 2. The Morgan fingerprint density at radius 1 is 1.33 bits per heavy atom. The largest absolute Gasteiger partial charge is 0.497 e. The third-order valence-electron chi connectivity index (χ3n) is 5.91. The van der Waals surface area contributed by atoms with Crippen LogP contribution in [0.25, 0.3) is 5.69 Å². The van der Waals surface area contributed by atoms with Crippen molar-refractivity contribution in [1.82, 2.24) is 10.2 Å². The monoisotopic (exact) mass is 572 g/mol. The number of ether oxygens (including phenoxy) is 2. The van der Waals surface area contributed by atoms with E-state index in [0.717, 1.165) is 22.2 Å². The highest BCUT2D eigenvalue weighted by atomic mass is 32.2. The summed E-state index contributed by atoms with van der Waals surface area (Å²) in [6.07, 6.45) is 0.495. The Morgan fingerprint density at radius 2 is 2.05 bits per heavy atom. The number of H-pyrrole nitrogens is 1. The number of thiophene rings is 1. The second-order valence-electron chi connectivity index (χ2n) is 9.80. The molecule has 0 radical (unpaired) electrons. The summed E-state index contributed by atoms with van der Waals surface area (Å²) < 4.78 is 17.2. The van der Waals surface area contributed by atoms with Crippen molar-refractivity contribution in [1.29, 1.82) is 5.26 Å². The van der Waals surface area contributed by atoms with E-state index in [1.54, 1.807) is 36.3 Å². The van der Waals surface area contributed by atoms with E-state index >= 15 is 0 Å². The number of anilines is 1. The molecule has 3 heterocycles. The molecule has 2 amide bonds. The van der Waals surface area contributed by atoms with Gasteiger partial charge in [-0.1, -0.05) is 6.92 Å². The number of carbonyl (C=O) groups is 2. The van der Waals surface area contributed by atoms with E-state index in [2.05, 4.69) is 16.7 Å². The van der Waals surface area contributed by atoms with E-state index in [1.165, 1.54) is 16.0 Å². The van der Waals surface area contributed by atoms with Gasteiger partial charge in [0, 0.05) is 23.6 Å². The molecule has 0 saturated heterocycles. The SMILES string of the molecule is CCC(Sc1c(=O)o[nH][n+]1-c1ccc(OC)cc1)C(=O)Nc1sc2c(c1C#N)CCN(C(=O)OC(C)(C)C)C2. The van der Waals surface area contributed by atoms with Crippen LogP contribution in [0.2, 0.25) is 0 Å². The Labute approximate surface area is 233 Å². The molecular formula is C26H30N5O6S2+. The number of aromatic nitrogens is 2. The molecule has 1 atom stereocenters. The average Bonchev–Trinajstić information content (AvgIpc) is 3.44. The minimum absolute atomic E-state index is 0.209. The fourth-order valence-corrected chi connectivity index (χ4v) is 6.21. The number of nitrogens with zero attached hydrogens (tertiary/aromatic N) is 3. The van der Waals surface area contributed by atoms with Crippen molar-refractivity contribution in [3.63, 3.8) is 0 Å². The van der Waals surface area contributed by atoms with Crippen molar-refractivity contribution in [2.45, 2.75) is 63.0 Å². The molecule has 1 aliphatic heterocycles. The zero-order valence-electron chi connectivity index (χ0n) is 22.3. The van der Waals surface area contributed by atoms with Gasteiger partial charge in [-0.05, 0) is 73.0 Å². The molecule has 0 spiro atoms. The number of aromatic amines is 1. The first-order valence-corrected chi connectivity index (χ1v) is 14.0. The quantitative estimate of drug-likeness (QED) is 0.320. The normalized spacial score (nSPS) is 13.8. The molecule has 2 N–H and O–H groups in total. The number of nitriles is 1. The van der Waals surface area contributed by atoms with E-state index in [-0.39, 0.29) is 10.9 Å². The number of nitrogens with one attached hydrogen (secondary N) is 2. The summed E-state index contributed by atoms with van der Waals surface area (Å²) in [5.41, 5.74) is 0.655. The van der Waals surface area contributed by atoms with Gasteiger partial charge in [0.15, 0.2) is 0 Å². The van der Waals surface area contributed by atoms with Gasteiger partial charge in [0.1, 0.15) is 22.4 Å². The lowest BCUT2D eigenvalue weighted by Gasteiger charge is -2.29. The van der Waals surface area contributed by atoms with Crippen molar-refractivity contribution >= 4 is 40.1 Å². The smallest absolute Gasteiger partial charge is 0.442 e. The van der Waals surface area contributed by atoms with Crippen LogP contribution in [0.15, 0.2) is 38.6 Å². The molecule has 206 valence electrons. The number of benzene rings is 1. The zero-order chi connectivity index (χ0) is 28.3. The first-order chi connectivity index (χ1) is 18.5. The lowest BCUT2D eigenvalue weighted by molar-refractivity contribution is -0.704. The van der Waals surface area contributed by atoms with Crippen molar-refractivity contribution in [3.8, 4) is 17.5 Å². The molecule has 39 heavy (non-hydrogen) atoms. The van der Waals surface area contributed by atoms with Crippen molar-refractivity contribution in [2.24, 2.45) is 0 Å². The lowest BCUT2D eigenvalue weighted by atomic mass is 10.0. The highest BCUT2D eigenvalue weighted by Gasteiger charge is 2.33. The van der Waals surface area contributed by atoms with Gasteiger partial charge >= 0.3 is 16.7 Å². The standard InChI is InChI=1S/C26H29N5O6S2/c1-6-19(39-23-24(33)37-29-31(23)15-7-9-16(35-5)10-8-15)21(32)28-22-18(13-27)17-11-12-30(14-20(17)38-22)25(34)36-26(2,3)4/h7-10,19H,6,11-12,14H2,1-5H3,(H-,28,29,32,33)/p+1. The predicted octanol–water partition coefficient (Wildman–Crippen LogP) is 3.99. The number of methoxy groups -OCH3 is 1. The van der Waals surface area contributed by atoms with Crippen LogP contribution in [0.4, 0.5) is 9.80 Å². The lowest BCUT2D eigenvalue weighted by Crippen LogP contribution is -2.39. The summed E-state index contributed by atoms with van der Waals surface area (Å²) in [4.78, 5) is 40.8. The van der Waals surface area contributed by atoms with E-state index in [1.807, 2.05) is 27.7 Å². The van der Waals surface area contributed by atoms with Gasteiger partial charge in [0.05, 0.1) is 24.5 Å². The Bertz CT molecular complexity index is 1460. The van der Waals surface area contributed by atoms with E-state index < -0.39 is 22.6 Å². The topological polar surface area (TPSA) is 142 Å². The summed E-state index contributed by atoms with van der Waals surface area (Å²) in [7, 11) is 1.56. The molecule has 0 bridgehead atoms. The molecule has 0 saturated carbocycles. The van der Waals surface area contributed by atoms with Crippen LogP contribution < -0.4 is 20.4 Å². The van der Waals surface area contributed by atoms with Gasteiger partial charge in [-0.15, -0.1) is 11.3 Å². The van der Waals surface area contributed by atoms with E-state index in [9.17, 15) is 19.6 Å². The first-order valence-electron chi connectivity index (χ1n) is 12.3. The van der Waals surface area contributed by atoms with Crippen LogP contribution >= 0.6 is 23.1 Å². The number of amides is 2. The van der Waals surface area contributed by atoms with Crippen LogP contribution in [-0.4, -0.2) is 46.7 Å². The van der Waals surface area contributed by atoms with E-state index in [4.69, 9.17) is 14.0 Å². The van der Waals surface area contributed by atoms with Gasteiger partial charge in [-0.3, -0.25) is 9.32 Å². The number of carbonyl (C=O) groups excluding carboxylic acids is 2. The maximum Gasteiger partial charge on any atom is 0.442 e. The van der Waals surface area contributed by atoms with Gasteiger partial charge in [-0.2, -0.15) is 5.26 Å². The maximum absolute atomic E-state index is 13.3. The number of fused-ring (bicyclic) bond motifs is 1. The van der Waals surface area contributed by atoms with Crippen LogP contribution in [0.5, 0.6) is 5.75 Å². The number of rotatable bonds is 7. The fourth-order valence-electron chi connectivity index (χ4n) is 4.01. The summed E-state index contributed by atoms with van der Waals surface area (Å²) in [5, 5.41) is 15.3. The van der Waals surface area contributed by atoms with Crippen LogP contribution in [-0.2, 0) is 22.5 Å². The molecule has 13 heteroatoms. The highest BCUT2D eigenvalue weighted by Crippen LogP contribution is 2.37. The molecular weight excluding hydrogens is 542 g/mol. The van der Waals surface area contributed by atoms with Crippen molar-refractivity contribution < 1.29 is 28.3 Å². The molecule has 11 nitrogen and oxygen atoms in total. The minimum atomic E-state index is -0.642. The third-order valence-corrected chi connectivity index (χ3v) is 8.45. The third kappa shape index (κ3) is 6.29. The molecule has 0 fully saturated rings. The summed E-state index contributed by atoms with van der Waals surface area (Å²) in [6, 6.07) is 9.22. The molecule has 1 aromatic carbocycles. The molecule has 0 aliphatic carbocycles. The Hall–Kier alpha value is -3.76. The van der Waals surface area contributed by atoms with E-state index in [0.29, 0.717) is 47.9 Å². The highest BCUT2D eigenvalue weighted by molar-refractivity contribution is 8.00. The fraction of sp³-hybridized carbons (Fsp3) is 0.423. The Morgan fingerprint density at radius 3 is 2.67 bits per heavy atom. The molecule has 1 aliphatic rings. The Balaban J connectivity index is 1.52.